The van der Waals surface area contributed by atoms with Gasteiger partial charge in [0.25, 0.3) is 0 Å². The Labute approximate surface area is 101 Å². The number of rotatable bonds is 0. The first-order chi connectivity index (χ1) is 8.15. The Hall–Kier alpha value is -1.89. The zero-order valence-electron chi connectivity index (χ0n) is 10.1. The first-order valence-electron chi connectivity index (χ1n) is 5.89. The van der Waals surface area contributed by atoms with Crippen molar-refractivity contribution >= 4 is 5.78 Å². The van der Waals surface area contributed by atoms with Crippen molar-refractivity contribution in [3.05, 3.63) is 69.8 Å². The summed E-state index contributed by atoms with van der Waals surface area (Å²) in [5, 5.41) is 0. The van der Waals surface area contributed by atoms with Gasteiger partial charge in [-0.05, 0) is 43.5 Å². The second-order valence-corrected chi connectivity index (χ2v) is 4.83. The second-order valence-electron chi connectivity index (χ2n) is 4.83. The molecule has 1 aliphatic rings. The van der Waals surface area contributed by atoms with Gasteiger partial charge in [0.05, 0.1) is 0 Å². The lowest BCUT2D eigenvalue weighted by molar-refractivity contribution is 0.103. The SMILES string of the molecule is Cc1ccc2c(c1)C(=O)c1cc(C)ccc1C2. The van der Waals surface area contributed by atoms with Crippen molar-refractivity contribution in [2.75, 3.05) is 0 Å². The number of hydrogen-bond acceptors (Lipinski definition) is 1. The molecular weight excluding hydrogens is 208 g/mol. The van der Waals surface area contributed by atoms with Crippen LogP contribution in [-0.2, 0) is 6.42 Å². The number of benzene rings is 2. The van der Waals surface area contributed by atoms with Crippen LogP contribution < -0.4 is 0 Å². The van der Waals surface area contributed by atoms with Crippen molar-refractivity contribution < 1.29 is 4.79 Å². The van der Waals surface area contributed by atoms with Crippen molar-refractivity contribution in [2.45, 2.75) is 20.3 Å². The summed E-state index contributed by atoms with van der Waals surface area (Å²) < 4.78 is 0. The summed E-state index contributed by atoms with van der Waals surface area (Å²) in [5.41, 5.74) is 6.35. The Morgan fingerprint density at radius 1 is 0.824 bits per heavy atom. The van der Waals surface area contributed by atoms with Gasteiger partial charge in [-0.2, -0.15) is 0 Å². The molecular formula is C16H14O. The topological polar surface area (TPSA) is 17.1 Å². The molecule has 1 aliphatic carbocycles. The van der Waals surface area contributed by atoms with Gasteiger partial charge in [0.2, 0.25) is 0 Å². The zero-order chi connectivity index (χ0) is 12.0. The normalized spacial score (nSPS) is 13.2. The Balaban J connectivity index is 2.21. The largest absolute Gasteiger partial charge is 0.289 e. The summed E-state index contributed by atoms with van der Waals surface area (Å²) in [6, 6.07) is 12.3. The van der Waals surface area contributed by atoms with E-state index < -0.39 is 0 Å². The third-order valence-corrected chi connectivity index (χ3v) is 3.40. The second kappa shape index (κ2) is 3.56. The molecule has 0 saturated carbocycles. The van der Waals surface area contributed by atoms with Crippen LogP contribution in [0.1, 0.15) is 38.2 Å². The highest BCUT2D eigenvalue weighted by Gasteiger charge is 2.22. The predicted octanol–water partition coefficient (Wildman–Crippen LogP) is 3.44. The van der Waals surface area contributed by atoms with E-state index in [1.54, 1.807) is 0 Å². The molecule has 0 bridgehead atoms. The van der Waals surface area contributed by atoms with Gasteiger partial charge in [0, 0.05) is 11.1 Å². The highest BCUT2D eigenvalue weighted by molar-refractivity contribution is 6.12. The van der Waals surface area contributed by atoms with Crippen LogP contribution in [0.4, 0.5) is 0 Å². The molecule has 0 aliphatic heterocycles. The number of aryl methyl sites for hydroxylation is 2. The lowest BCUT2D eigenvalue weighted by Crippen LogP contribution is -2.15. The number of ketones is 1. The van der Waals surface area contributed by atoms with Crippen molar-refractivity contribution in [3.63, 3.8) is 0 Å². The van der Waals surface area contributed by atoms with Gasteiger partial charge < -0.3 is 0 Å². The van der Waals surface area contributed by atoms with Crippen LogP contribution in [0.3, 0.4) is 0 Å². The maximum atomic E-state index is 12.4. The van der Waals surface area contributed by atoms with E-state index in [1.165, 1.54) is 0 Å². The van der Waals surface area contributed by atoms with Gasteiger partial charge in [0.1, 0.15) is 0 Å². The van der Waals surface area contributed by atoms with Crippen LogP contribution in [0, 0.1) is 13.8 Å². The van der Waals surface area contributed by atoms with E-state index in [9.17, 15) is 4.79 Å². The summed E-state index contributed by atoms with van der Waals surface area (Å²) in [6.45, 7) is 4.05. The van der Waals surface area contributed by atoms with Gasteiger partial charge >= 0.3 is 0 Å². The monoisotopic (exact) mass is 222 g/mol. The predicted molar refractivity (Wildman–Crippen MR) is 68.6 cm³/mol. The van der Waals surface area contributed by atoms with Gasteiger partial charge in [-0.3, -0.25) is 4.79 Å². The maximum absolute atomic E-state index is 12.4. The molecule has 0 saturated heterocycles. The first kappa shape index (κ1) is 10.3. The molecule has 0 heterocycles. The zero-order valence-corrected chi connectivity index (χ0v) is 10.1. The van der Waals surface area contributed by atoms with Crippen molar-refractivity contribution in [1.29, 1.82) is 0 Å². The molecule has 0 unspecified atom stereocenters. The fraction of sp³-hybridized carbons (Fsp3) is 0.188. The fourth-order valence-electron chi connectivity index (χ4n) is 2.46. The van der Waals surface area contributed by atoms with Crippen LogP contribution in [0.2, 0.25) is 0 Å². The third-order valence-electron chi connectivity index (χ3n) is 3.40. The van der Waals surface area contributed by atoms with Gasteiger partial charge in [-0.25, -0.2) is 0 Å². The Bertz CT molecular complexity index is 570. The summed E-state index contributed by atoms with van der Waals surface area (Å²) in [5.74, 6) is 0.175. The molecule has 0 radical (unpaired) electrons. The minimum atomic E-state index is 0.175. The third kappa shape index (κ3) is 1.59. The molecule has 0 fully saturated rings. The van der Waals surface area contributed by atoms with Crippen molar-refractivity contribution in [1.82, 2.24) is 0 Å². The first-order valence-corrected chi connectivity index (χ1v) is 5.89. The van der Waals surface area contributed by atoms with Crippen LogP contribution in [0.5, 0.6) is 0 Å². The summed E-state index contributed by atoms with van der Waals surface area (Å²) in [7, 11) is 0. The van der Waals surface area contributed by atoms with Gasteiger partial charge in [-0.15, -0.1) is 0 Å². The molecule has 84 valence electrons. The van der Waals surface area contributed by atoms with Crippen LogP contribution in [0.25, 0.3) is 0 Å². The van der Waals surface area contributed by atoms with Crippen LogP contribution >= 0.6 is 0 Å². The van der Waals surface area contributed by atoms with E-state index in [1.807, 2.05) is 26.0 Å². The number of carbonyl (C=O) groups is 1. The van der Waals surface area contributed by atoms with E-state index in [-0.39, 0.29) is 5.78 Å². The molecule has 0 spiro atoms. The smallest absolute Gasteiger partial charge is 0.193 e. The van der Waals surface area contributed by atoms with E-state index >= 15 is 0 Å². The number of hydrogen-bond donors (Lipinski definition) is 0. The minimum absolute atomic E-state index is 0.175. The fourth-order valence-corrected chi connectivity index (χ4v) is 2.46. The molecule has 2 aromatic rings. The quantitative estimate of drug-likeness (QED) is 0.569. The Morgan fingerprint density at radius 3 is 1.76 bits per heavy atom. The summed E-state index contributed by atoms with van der Waals surface area (Å²) >= 11 is 0. The van der Waals surface area contributed by atoms with E-state index in [0.717, 1.165) is 39.8 Å². The van der Waals surface area contributed by atoms with Crippen molar-refractivity contribution in [2.24, 2.45) is 0 Å². The standard InChI is InChI=1S/C16H14O/c1-10-3-5-12-9-13-6-4-11(2)8-15(13)16(17)14(12)7-10/h3-8H,9H2,1-2H3. The average molecular weight is 222 g/mol. The van der Waals surface area contributed by atoms with E-state index in [0.29, 0.717) is 0 Å². The molecule has 0 amide bonds. The molecule has 0 aromatic heterocycles. The number of fused-ring (bicyclic) bond motifs is 2. The molecule has 1 heteroatoms. The Kier molecular flexibility index (Phi) is 2.15. The number of carbonyl (C=O) groups excluding carboxylic acids is 1. The molecule has 17 heavy (non-hydrogen) atoms. The average Bonchev–Trinajstić information content (AvgIpc) is 2.32. The molecule has 0 atom stereocenters. The molecule has 1 nitrogen and oxygen atoms in total. The van der Waals surface area contributed by atoms with Gasteiger partial charge in [-0.1, -0.05) is 35.4 Å². The highest BCUT2D eigenvalue weighted by Crippen LogP contribution is 2.28. The lowest BCUT2D eigenvalue weighted by atomic mass is 9.84. The highest BCUT2D eigenvalue weighted by atomic mass is 16.1. The maximum Gasteiger partial charge on any atom is 0.193 e. The van der Waals surface area contributed by atoms with E-state index in [4.69, 9.17) is 0 Å². The van der Waals surface area contributed by atoms with Crippen LogP contribution in [0.15, 0.2) is 36.4 Å². The molecule has 0 N–H and O–H groups in total. The van der Waals surface area contributed by atoms with Gasteiger partial charge in [0.15, 0.2) is 5.78 Å². The lowest BCUT2D eigenvalue weighted by Gasteiger charge is -2.19. The van der Waals surface area contributed by atoms with E-state index in [2.05, 4.69) is 24.3 Å². The minimum Gasteiger partial charge on any atom is -0.289 e. The van der Waals surface area contributed by atoms with Crippen LogP contribution in [-0.4, -0.2) is 5.78 Å². The summed E-state index contributed by atoms with van der Waals surface area (Å²) in [4.78, 5) is 12.4. The molecule has 3 rings (SSSR count). The summed E-state index contributed by atoms with van der Waals surface area (Å²) in [6.07, 6.45) is 0.872. The molecule has 2 aromatic carbocycles. The van der Waals surface area contributed by atoms with Crippen molar-refractivity contribution in [3.8, 4) is 0 Å². The Morgan fingerprint density at radius 2 is 1.29 bits per heavy atom.